The molecule has 0 saturated carbocycles. The normalized spacial score (nSPS) is 20.7. The quantitative estimate of drug-likeness (QED) is 0.675. The Hall–Kier alpha value is -2.31. The van der Waals surface area contributed by atoms with Gasteiger partial charge in [-0.2, -0.15) is 0 Å². The summed E-state index contributed by atoms with van der Waals surface area (Å²) >= 11 is 12.4. The summed E-state index contributed by atoms with van der Waals surface area (Å²) in [6.45, 7) is 4.02. The van der Waals surface area contributed by atoms with Crippen LogP contribution in [0.5, 0.6) is 0 Å². The van der Waals surface area contributed by atoms with Crippen LogP contribution in [0.15, 0.2) is 39.1 Å². The predicted molar refractivity (Wildman–Crippen MR) is 105 cm³/mol. The van der Waals surface area contributed by atoms with Gasteiger partial charge in [0.1, 0.15) is 5.82 Å². The molecule has 0 radical (unpaired) electrons. The van der Waals surface area contributed by atoms with Gasteiger partial charge < -0.3 is 5.32 Å². The maximum atomic E-state index is 13.0. The lowest BCUT2D eigenvalue weighted by atomic mass is 9.69. The fourth-order valence-corrected chi connectivity index (χ4v) is 4.51. The minimum atomic E-state index is -0.676. The largest absolute Gasteiger partial charge is 0.344 e. The van der Waals surface area contributed by atoms with E-state index in [1.807, 2.05) is 13.8 Å². The molecule has 27 heavy (non-hydrogen) atoms. The number of aromatic nitrogens is 2. The Morgan fingerprint density at radius 1 is 1.07 bits per heavy atom. The molecule has 3 N–H and O–H groups in total. The number of allylic oxidation sites excluding steroid dienone is 2. The fourth-order valence-electron chi connectivity index (χ4n) is 3.99. The molecule has 1 aromatic heterocycles. The van der Waals surface area contributed by atoms with E-state index in [2.05, 4.69) is 15.3 Å². The second-order valence-electron chi connectivity index (χ2n) is 7.75. The Bertz CT molecular complexity index is 1130. The van der Waals surface area contributed by atoms with Gasteiger partial charge in [0.25, 0.3) is 5.56 Å². The van der Waals surface area contributed by atoms with E-state index in [9.17, 15) is 14.4 Å². The number of Topliss-reactive ketones (excluding diaryl/α,β-unsaturated/α-hetero) is 1. The summed E-state index contributed by atoms with van der Waals surface area (Å²) in [5.41, 5.74) is 0.701. The van der Waals surface area contributed by atoms with Gasteiger partial charge in [0.15, 0.2) is 5.78 Å². The molecule has 1 aliphatic heterocycles. The second-order valence-corrected chi connectivity index (χ2v) is 8.60. The number of rotatable bonds is 1. The van der Waals surface area contributed by atoms with E-state index >= 15 is 0 Å². The van der Waals surface area contributed by atoms with Gasteiger partial charge in [0.2, 0.25) is 0 Å². The van der Waals surface area contributed by atoms with Gasteiger partial charge in [-0.1, -0.05) is 43.1 Å². The van der Waals surface area contributed by atoms with Crippen molar-refractivity contribution in [1.82, 2.24) is 9.97 Å². The number of carbonyl (C=O) groups excluding carboxylic acids is 1. The first-order chi connectivity index (χ1) is 12.7. The van der Waals surface area contributed by atoms with Crippen molar-refractivity contribution in [3.63, 3.8) is 0 Å². The summed E-state index contributed by atoms with van der Waals surface area (Å²) in [4.78, 5) is 42.4. The van der Waals surface area contributed by atoms with Crippen LogP contribution in [-0.2, 0) is 4.79 Å². The van der Waals surface area contributed by atoms with Crippen molar-refractivity contribution in [1.29, 1.82) is 0 Å². The van der Waals surface area contributed by atoms with Gasteiger partial charge in [0.05, 0.1) is 5.56 Å². The first-order valence-corrected chi connectivity index (χ1v) is 9.26. The number of benzene rings is 1. The van der Waals surface area contributed by atoms with E-state index in [1.165, 1.54) is 0 Å². The lowest BCUT2D eigenvalue weighted by Gasteiger charge is -2.38. The van der Waals surface area contributed by atoms with Gasteiger partial charge in [-0.05, 0) is 29.5 Å². The Kier molecular flexibility index (Phi) is 4.09. The Morgan fingerprint density at radius 3 is 2.52 bits per heavy atom. The maximum absolute atomic E-state index is 13.0. The smallest absolute Gasteiger partial charge is 0.327 e. The Morgan fingerprint density at radius 2 is 1.81 bits per heavy atom. The summed E-state index contributed by atoms with van der Waals surface area (Å²) in [6, 6.07) is 4.96. The van der Waals surface area contributed by atoms with Crippen molar-refractivity contribution in [3.8, 4) is 0 Å². The van der Waals surface area contributed by atoms with Crippen LogP contribution in [0.2, 0.25) is 10.0 Å². The van der Waals surface area contributed by atoms with Crippen molar-refractivity contribution in [2.75, 3.05) is 5.32 Å². The molecule has 8 heteroatoms. The van der Waals surface area contributed by atoms with Crippen LogP contribution >= 0.6 is 23.2 Å². The summed E-state index contributed by atoms with van der Waals surface area (Å²) < 4.78 is 0. The van der Waals surface area contributed by atoms with E-state index < -0.39 is 17.2 Å². The molecule has 0 bridgehead atoms. The third kappa shape index (κ3) is 3.03. The summed E-state index contributed by atoms with van der Waals surface area (Å²) in [5, 5.41) is 3.93. The SMILES string of the molecule is CC1(C)CC(=O)C2=C(C1)Nc1[nH]c(=O)[nH]c(=O)c1C2c1ccc(Cl)cc1Cl. The highest BCUT2D eigenvalue weighted by atomic mass is 35.5. The third-order valence-electron chi connectivity index (χ3n) is 5.03. The van der Waals surface area contributed by atoms with Gasteiger partial charge in [0, 0.05) is 33.7 Å². The van der Waals surface area contributed by atoms with E-state index in [-0.39, 0.29) is 16.8 Å². The van der Waals surface area contributed by atoms with Crippen LogP contribution in [-0.4, -0.2) is 15.8 Å². The van der Waals surface area contributed by atoms with E-state index in [0.29, 0.717) is 45.5 Å². The second kappa shape index (κ2) is 6.11. The lowest BCUT2D eigenvalue weighted by molar-refractivity contribution is -0.118. The average molecular weight is 406 g/mol. The van der Waals surface area contributed by atoms with Crippen LogP contribution in [0.4, 0.5) is 5.82 Å². The Balaban J connectivity index is 2.04. The molecule has 4 rings (SSSR count). The van der Waals surface area contributed by atoms with Crippen LogP contribution < -0.4 is 16.6 Å². The molecule has 1 unspecified atom stereocenters. The number of hydrogen-bond acceptors (Lipinski definition) is 4. The number of H-pyrrole nitrogens is 2. The van der Waals surface area contributed by atoms with Crippen molar-refractivity contribution >= 4 is 34.8 Å². The number of nitrogens with one attached hydrogen (secondary N) is 3. The predicted octanol–water partition coefficient (Wildman–Crippen LogP) is 3.57. The fraction of sp³-hybridized carbons (Fsp3) is 0.316. The van der Waals surface area contributed by atoms with Crippen LogP contribution in [0.1, 0.15) is 43.7 Å². The Labute approximate surface area is 164 Å². The van der Waals surface area contributed by atoms with Gasteiger partial charge >= 0.3 is 5.69 Å². The zero-order valence-corrected chi connectivity index (χ0v) is 16.2. The van der Waals surface area contributed by atoms with Gasteiger partial charge in [-0.15, -0.1) is 0 Å². The molecule has 1 aliphatic carbocycles. The zero-order valence-electron chi connectivity index (χ0n) is 14.7. The van der Waals surface area contributed by atoms with Crippen molar-refractivity contribution in [2.24, 2.45) is 5.41 Å². The van der Waals surface area contributed by atoms with Crippen LogP contribution in [0.25, 0.3) is 0 Å². The molecule has 0 spiro atoms. The summed E-state index contributed by atoms with van der Waals surface area (Å²) in [6.07, 6.45) is 0.982. The number of hydrogen-bond donors (Lipinski definition) is 3. The monoisotopic (exact) mass is 405 g/mol. The summed E-state index contributed by atoms with van der Waals surface area (Å²) in [5.74, 6) is -0.421. The zero-order chi connectivity index (χ0) is 19.5. The molecule has 2 aliphatic rings. The minimum Gasteiger partial charge on any atom is -0.344 e. The van der Waals surface area contributed by atoms with Crippen LogP contribution in [0.3, 0.4) is 0 Å². The standard InChI is InChI=1S/C19H17Cl2N3O3/c1-19(2)6-11-14(12(25)7-19)13(9-4-3-8(20)5-10(9)21)15-16(22-11)23-18(27)24-17(15)26/h3-5,13H,6-7H2,1-2H3,(H3,22,23,24,26,27). The molecule has 0 fully saturated rings. The third-order valence-corrected chi connectivity index (χ3v) is 5.59. The van der Waals surface area contributed by atoms with Crippen LogP contribution in [0, 0.1) is 5.41 Å². The maximum Gasteiger partial charge on any atom is 0.327 e. The number of aromatic amines is 2. The first kappa shape index (κ1) is 18.1. The first-order valence-electron chi connectivity index (χ1n) is 8.51. The highest BCUT2D eigenvalue weighted by Crippen LogP contribution is 2.48. The molecule has 0 saturated heterocycles. The van der Waals surface area contributed by atoms with Gasteiger partial charge in [-0.25, -0.2) is 4.79 Å². The molecular formula is C19H17Cl2N3O3. The molecule has 6 nitrogen and oxygen atoms in total. The molecule has 140 valence electrons. The van der Waals surface area contributed by atoms with E-state index in [1.54, 1.807) is 18.2 Å². The number of anilines is 1. The minimum absolute atomic E-state index is 0.0407. The highest BCUT2D eigenvalue weighted by Gasteiger charge is 2.42. The number of ketones is 1. The van der Waals surface area contributed by atoms with Gasteiger partial charge in [-0.3, -0.25) is 19.6 Å². The number of halogens is 2. The van der Waals surface area contributed by atoms with Crippen molar-refractivity contribution < 1.29 is 4.79 Å². The average Bonchev–Trinajstić information content (AvgIpc) is 2.51. The summed E-state index contributed by atoms with van der Waals surface area (Å²) in [7, 11) is 0. The van der Waals surface area contributed by atoms with Crippen molar-refractivity contribution in [3.05, 3.63) is 71.5 Å². The molecule has 0 amide bonds. The number of carbonyl (C=O) groups is 1. The molecule has 1 aromatic carbocycles. The highest BCUT2D eigenvalue weighted by molar-refractivity contribution is 6.35. The molecule has 1 atom stereocenters. The van der Waals surface area contributed by atoms with E-state index in [0.717, 1.165) is 0 Å². The van der Waals surface area contributed by atoms with Crippen molar-refractivity contribution in [2.45, 2.75) is 32.6 Å². The molecule has 2 heterocycles. The van der Waals surface area contributed by atoms with E-state index in [4.69, 9.17) is 23.2 Å². The lowest BCUT2D eigenvalue weighted by Crippen LogP contribution is -2.39. The molecular weight excluding hydrogens is 389 g/mol. The topological polar surface area (TPSA) is 94.8 Å². The number of fused-ring (bicyclic) bond motifs is 1. The molecule has 2 aromatic rings.